The molecular weight excluding hydrogens is 382 g/mol. The van der Waals surface area contributed by atoms with E-state index in [0.717, 1.165) is 22.3 Å². The van der Waals surface area contributed by atoms with Crippen LogP contribution >= 0.6 is 11.3 Å². The van der Waals surface area contributed by atoms with Crippen molar-refractivity contribution in [2.45, 2.75) is 26.3 Å². The smallest absolute Gasteiger partial charge is 0.262 e. The van der Waals surface area contributed by atoms with Crippen LogP contribution in [0.4, 0.5) is 0 Å². The largest absolute Gasteiger partial charge is 0.370 e. The van der Waals surface area contributed by atoms with Crippen molar-refractivity contribution < 1.29 is 4.79 Å². The summed E-state index contributed by atoms with van der Waals surface area (Å²) in [5.74, 6) is 0.207. The lowest BCUT2D eigenvalue weighted by molar-refractivity contribution is -0.118. The summed E-state index contributed by atoms with van der Waals surface area (Å²) >= 11 is 1.47. The molecule has 0 fully saturated rings. The Balaban J connectivity index is 1.87. The zero-order valence-electron chi connectivity index (χ0n) is 16.1. The van der Waals surface area contributed by atoms with Crippen molar-refractivity contribution in [3.63, 3.8) is 0 Å². The van der Waals surface area contributed by atoms with Crippen LogP contribution in [0.1, 0.15) is 23.4 Å². The monoisotopic (exact) mass is 403 g/mol. The highest BCUT2D eigenvalue weighted by Crippen LogP contribution is 2.31. The lowest BCUT2D eigenvalue weighted by Gasteiger charge is -2.12. The number of nitrogens with zero attached hydrogens (tertiary/aromatic N) is 2. The first kappa shape index (κ1) is 19.1. The molecule has 0 radical (unpaired) electrons. The molecule has 2 heterocycles. The Morgan fingerprint density at radius 2 is 1.83 bits per heavy atom. The van der Waals surface area contributed by atoms with Crippen LogP contribution in [0.2, 0.25) is 0 Å². The van der Waals surface area contributed by atoms with Gasteiger partial charge in [-0.05, 0) is 18.1 Å². The standard InChI is InChI=1S/C23H21N3O2S/c1-15-7-9-17(10-8-15)18-14-29-22-21(18)23(28)26(12-11-19(24)27)20(25-22)13-16-5-3-2-4-6-16/h2-10,14H,11-13H2,1H3,(H2,24,27). The summed E-state index contributed by atoms with van der Waals surface area (Å²) in [6.45, 7) is 2.26. The number of hydrogen-bond donors (Lipinski definition) is 1. The van der Waals surface area contributed by atoms with Gasteiger partial charge >= 0.3 is 0 Å². The van der Waals surface area contributed by atoms with E-state index in [1.165, 1.54) is 11.3 Å². The van der Waals surface area contributed by atoms with Gasteiger partial charge in [-0.1, -0.05) is 60.2 Å². The van der Waals surface area contributed by atoms with E-state index in [9.17, 15) is 9.59 Å². The number of carbonyl (C=O) groups excluding carboxylic acids is 1. The molecule has 5 nitrogen and oxygen atoms in total. The summed E-state index contributed by atoms with van der Waals surface area (Å²) < 4.78 is 1.60. The SMILES string of the molecule is Cc1ccc(-c2csc3nc(Cc4ccccc4)n(CCC(N)=O)c(=O)c23)cc1. The minimum atomic E-state index is -0.438. The van der Waals surface area contributed by atoms with Crippen LogP contribution in [0.3, 0.4) is 0 Å². The number of nitrogens with two attached hydrogens (primary N) is 1. The van der Waals surface area contributed by atoms with Crippen molar-refractivity contribution >= 4 is 27.5 Å². The highest BCUT2D eigenvalue weighted by molar-refractivity contribution is 7.17. The number of thiophene rings is 1. The van der Waals surface area contributed by atoms with Gasteiger partial charge in [-0.25, -0.2) is 4.98 Å². The number of aryl methyl sites for hydroxylation is 1. The molecule has 0 aliphatic carbocycles. The molecule has 0 saturated heterocycles. The average Bonchev–Trinajstić information content (AvgIpc) is 3.13. The minimum Gasteiger partial charge on any atom is -0.370 e. The molecule has 0 spiro atoms. The van der Waals surface area contributed by atoms with Gasteiger partial charge in [0.1, 0.15) is 10.7 Å². The first-order chi connectivity index (χ1) is 14.0. The fraction of sp³-hybridized carbons (Fsp3) is 0.174. The van der Waals surface area contributed by atoms with Gasteiger partial charge in [-0.15, -0.1) is 11.3 Å². The van der Waals surface area contributed by atoms with Crippen molar-refractivity contribution in [3.05, 3.63) is 87.3 Å². The van der Waals surface area contributed by atoms with Crippen LogP contribution < -0.4 is 11.3 Å². The third-order valence-electron chi connectivity index (χ3n) is 4.92. The Morgan fingerprint density at radius 1 is 1.10 bits per heavy atom. The lowest BCUT2D eigenvalue weighted by Crippen LogP contribution is -2.27. The maximum Gasteiger partial charge on any atom is 0.262 e. The molecule has 2 N–H and O–H groups in total. The van der Waals surface area contributed by atoms with Gasteiger partial charge in [-0.2, -0.15) is 0 Å². The van der Waals surface area contributed by atoms with Crippen LogP contribution in [-0.2, 0) is 17.8 Å². The van der Waals surface area contributed by atoms with Crippen LogP contribution in [0.5, 0.6) is 0 Å². The zero-order chi connectivity index (χ0) is 20.4. The second-order valence-corrected chi connectivity index (χ2v) is 7.92. The molecule has 0 atom stereocenters. The maximum atomic E-state index is 13.5. The van der Waals surface area contributed by atoms with Crippen LogP contribution in [0.25, 0.3) is 21.3 Å². The number of rotatable bonds is 6. The number of aromatic nitrogens is 2. The lowest BCUT2D eigenvalue weighted by atomic mass is 10.0. The van der Waals surface area contributed by atoms with Gasteiger partial charge in [-0.3, -0.25) is 14.2 Å². The summed E-state index contributed by atoms with van der Waals surface area (Å²) in [6.07, 6.45) is 0.613. The maximum absolute atomic E-state index is 13.5. The molecule has 2 aromatic heterocycles. The van der Waals surface area contributed by atoms with Gasteiger partial charge in [0, 0.05) is 30.3 Å². The quantitative estimate of drug-likeness (QED) is 0.530. The normalized spacial score (nSPS) is 11.1. The predicted octanol–water partition coefficient (Wildman–Crippen LogP) is 3.90. The van der Waals surface area contributed by atoms with Crippen LogP contribution in [0, 0.1) is 6.92 Å². The first-order valence-electron chi connectivity index (χ1n) is 9.43. The van der Waals surface area contributed by atoms with Gasteiger partial charge in [0.25, 0.3) is 5.56 Å². The summed E-state index contributed by atoms with van der Waals surface area (Å²) in [5, 5.41) is 2.58. The zero-order valence-corrected chi connectivity index (χ0v) is 16.9. The number of fused-ring (bicyclic) bond motifs is 1. The molecule has 0 aliphatic heterocycles. The fourth-order valence-corrected chi connectivity index (χ4v) is 4.33. The molecule has 4 rings (SSSR count). The van der Waals surface area contributed by atoms with Crippen LogP contribution in [-0.4, -0.2) is 15.5 Å². The highest BCUT2D eigenvalue weighted by atomic mass is 32.1. The van der Waals surface area contributed by atoms with Gasteiger partial charge in [0.05, 0.1) is 5.39 Å². The van der Waals surface area contributed by atoms with Crippen LogP contribution in [0.15, 0.2) is 64.8 Å². The predicted molar refractivity (Wildman–Crippen MR) is 117 cm³/mol. The molecule has 29 heavy (non-hydrogen) atoms. The molecule has 146 valence electrons. The van der Waals surface area contributed by atoms with E-state index in [-0.39, 0.29) is 18.5 Å². The van der Waals surface area contributed by atoms with Crippen molar-refractivity contribution in [3.8, 4) is 11.1 Å². The van der Waals surface area contributed by atoms with Crippen molar-refractivity contribution in [2.75, 3.05) is 0 Å². The Bertz CT molecular complexity index is 1220. The second-order valence-electron chi connectivity index (χ2n) is 7.06. The Kier molecular flexibility index (Phi) is 5.27. The van der Waals surface area contributed by atoms with E-state index in [2.05, 4.69) is 0 Å². The number of benzene rings is 2. The van der Waals surface area contributed by atoms with Gasteiger partial charge < -0.3 is 5.73 Å². The molecular formula is C23H21N3O2S. The molecule has 6 heteroatoms. The summed E-state index contributed by atoms with van der Waals surface area (Å²) in [4.78, 5) is 30.3. The molecule has 0 unspecified atom stereocenters. The summed E-state index contributed by atoms with van der Waals surface area (Å²) in [7, 11) is 0. The molecule has 2 aromatic carbocycles. The molecule has 1 amide bonds. The van der Waals surface area contributed by atoms with E-state index in [0.29, 0.717) is 22.5 Å². The van der Waals surface area contributed by atoms with Crippen molar-refractivity contribution in [2.24, 2.45) is 5.73 Å². The molecule has 0 saturated carbocycles. The number of amides is 1. The summed E-state index contributed by atoms with van der Waals surface area (Å²) in [6, 6.07) is 18.0. The third kappa shape index (κ3) is 3.98. The fourth-order valence-electron chi connectivity index (χ4n) is 3.38. The Hall–Kier alpha value is -3.25. The third-order valence-corrected chi connectivity index (χ3v) is 5.79. The first-order valence-corrected chi connectivity index (χ1v) is 10.3. The van der Waals surface area contributed by atoms with Gasteiger partial charge in [0.15, 0.2) is 0 Å². The number of primary amides is 1. The van der Waals surface area contributed by atoms with E-state index in [1.807, 2.05) is 66.9 Å². The average molecular weight is 404 g/mol. The number of hydrogen-bond acceptors (Lipinski definition) is 4. The Morgan fingerprint density at radius 3 is 2.52 bits per heavy atom. The topological polar surface area (TPSA) is 78.0 Å². The highest BCUT2D eigenvalue weighted by Gasteiger charge is 2.17. The molecule has 4 aromatic rings. The van der Waals surface area contributed by atoms with E-state index < -0.39 is 5.91 Å². The van der Waals surface area contributed by atoms with E-state index in [4.69, 9.17) is 10.7 Å². The van der Waals surface area contributed by atoms with E-state index >= 15 is 0 Å². The summed E-state index contributed by atoms with van der Waals surface area (Å²) in [5.41, 5.74) is 9.30. The second kappa shape index (κ2) is 8.01. The molecule has 0 aliphatic rings. The Labute approximate surface area is 172 Å². The molecule has 0 bridgehead atoms. The van der Waals surface area contributed by atoms with Crippen molar-refractivity contribution in [1.29, 1.82) is 0 Å². The van der Waals surface area contributed by atoms with Crippen molar-refractivity contribution in [1.82, 2.24) is 9.55 Å². The minimum absolute atomic E-state index is 0.0961. The number of carbonyl (C=O) groups is 1. The van der Waals surface area contributed by atoms with Gasteiger partial charge in [0.2, 0.25) is 5.91 Å². The van der Waals surface area contributed by atoms with E-state index in [1.54, 1.807) is 4.57 Å².